The van der Waals surface area contributed by atoms with Gasteiger partial charge in [-0.25, -0.2) is 0 Å². The Kier molecular flexibility index (Phi) is 5.21. The standard InChI is InChI=1S/C22H19N3O5/c1-14(15-8-10-20-21(12-15)30-13-29-20)23-22(26)16-7-9-18(19(11-16)25(27)28)24-17-5-3-2-4-6-17/h2-12,14,24H,13H2,1H3,(H,23,26). The molecular weight excluding hydrogens is 386 g/mol. The van der Waals surface area contributed by atoms with Crippen LogP contribution in [0.5, 0.6) is 11.5 Å². The lowest BCUT2D eigenvalue weighted by Gasteiger charge is -2.15. The maximum absolute atomic E-state index is 12.7. The highest BCUT2D eigenvalue weighted by Gasteiger charge is 2.20. The van der Waals surface area contributed by atoms with Crippen molar-refractivity contribution in [2.45, 2.75) is 13.0 Å². The fourth-order valence-electron chi connectivity index (χ4n) is 3.15. The molecule has 152 valence electrons. The smallest absolute Gasteiger partial charge is 0.293 e. The van der Waals surface area contributed by atoms with E-state index in [0.29, 0.717) is 22.9 Å². The third-order valence-corrected chi connectivity index (χ3v) is 4.75. The summed E-state index contributed by atoms with van der Waals surface area (Å²) in [6.07, 6.45) is 0. The minimum atomic E-state index is -0.511. The van der Waals surface area contributed by atoms with Crippen LogP contribution in [-0.2, 0) is 0 Å². The van der Waals surface area contributed by atoms with Gasteiger partial charge in [-0.3, -0.25) is 14.9 Å². The van der Waals surface area contributed by atoms with Crippen molar-refractivity contribution >= 4 is 23.0 Å². The Morgan fingerprint density at radius 3 is 2.57 bits per heavy atom. The van der Waals surface area contributed by atoms with Gasteiger partial charge < -0.3 is 20.1 Å². The molecule has 1 heterocycles. The number of nitrogens with one attached hydrogen (secondary N) is 2. The fraction of sp³-hybridized carbons (Fsp3) is 0.136. The average molecular weight is 405 g/mol. The average Bonchev–Trinajstić information content (AvgIpc) is 3.22. The monoisotopic (exact) mass is 405 g/mol. The molecule has 0 bridgehead atoms. The summed E-state index contributed by atoms with van der Waals surface area (Å²) in [7, 11) is 0. The molecule has 4 rings (SSSR count). The van der Waals surface area contributed by atoms with E-state index in [-0.39, 0.29) is 24.1 Å². The van der Waals surface area contributed by atoms with Crippen molar-refractivity contribution in [1.82, 2.24) is 5.32 Å². The van der Waals surface area contributed by atoms with Gasteiger partial charge in [0.25, 0.3) is 11.6 Å². The van der Waals surface area contributed by atoms with Gasteiger partial charge in [-0.05, 0) is 48.9 Å². The van der Waals surface area contributed by atoms with E-state index in [2.05, 4.69) is 10.6 Å². The van der Waals surface area contributed by atoms with Gasteiger partial charge in [0.15, 0.2) is 11.5 Å². The van der Waals surface area contributed by atoms with Crippen LogP contribution < -0.4 is 20.1 Å². The number of hydrogen-bond acceptors (Lipinski definition) is 6. The van der Waals surface area contributed by atoms with Crippen molar-refractivity contribution in [3.8, 4) is 11.5 Å². The Balaban J connectivity index is 1.52. The Morgan fingerprint density at radius 1 is 1.03 bits per heavy atom. The lowest BCUT2D eigenvalue weighted by atomic mass is 10.1. The van der Waals surface area contributed by atoms with Gasteiger partial charge in [0.1, 0.15) is 5.69 Å². The summed E-state index contributed by atoms with van der Waals surface area (Å²) in [6, 6.07) is 18.6. The van der Waals surface area contributed by atoms with E-state index in [0.717, 1.165) is 5.56 Å². The lowest BCUT2D eigenvalue weighted by Crippen LogP contribution is -2.26. The number of nitro groups is 1. The minimum absolute atomic E-state index is 0.173. The maximum atomic E-state index is 12.7. The molecule has 0 saturated carbocycles. The van der Waals surface area contributed by atoms with Gasteiger partial charge in [0.2, 0.25) is 6.79 Å². The summed E-state index contributed by atoms with van der Waals surface area (Å²) < 4.78 is 10.7. The number of fused-ring (bicyclic) bond motifs is 1. The summed E-state index contributed by atoms with van der Waals surface area (Å²) in [4.78, 5) is 23.7. The van der Waals surface area contributed by atoms with E-state index in [9.17, 15) is 14.9 Å². The number of nitro benzene ring substituents is 1. The highest BCUT2D eigenvalue weighted by atomic mass is 16.7. The van der Waals surface area contributed by atoms with Gasteiger partial charge in [-0.15, -0.1) is 0 Å². The minimum Gasteiger partial charge on any atom is -0.454 e. The third kappa shape index (κ3) is 4.02. The number of benzene rings is 3. The van der Waals surface area contributed by atoms with Crippen LogP contribution in [0.4, 0.5) is 17.1 Å². The van der Waals surface area contributed by atoms with Crippen LogP contribution in [0.25, 0.3) is 0 Å². The van der Waals surface area contributed by atoms with Crippen molar-refractivity contribution < 1.29 is 19.2 Å². The molecule has 8 nitrogen and oxygen atoms in total. The summed E-state index contributed by atoms with van der Waals surface area (Å²) >= 11 is 0. The lowest BCUT2D eigenvalue weighted by molar-refractivity contribution is -0.383. The summed E-state index contributed by atoms with van der Waals surface area (Å²) in [5.74, 6) is 0.879. The molecule has 1 aliphatic rings. The number of hydrogen-bond donors (Lipinski definition) is 2. The second-order valence-electron chi connectivity index (χ2n) is 6.79. The van der Waals surface area contributed by atoms with Crippen LogP contribution in [0, 0.1) is 10.1 Å². The van der Waals surface area contributed by atoms with Crippen LogP contribution in [0.15, 0.2) is 66.7 Å². The predicted octanol–water partition coefficient (Wildman–Crippen LogP) is 4.56. The number of nitrogens with zero attached hydrogens (tertiary/aromatic N) is 1. The maximum Gasteiger partial charge on any atom is 0.293 e. The van der Waals surface area contributed by atoms with Gasteiger partial charge in [0, 0.05) is 17.3 Å². The van der Waals surface area contributed by atoms with Crippen LogP contribution in [0.2, 0.25) is 0 Å². The largest absolute Gasteiger partial charge is 0.454 e. The Morgan fingerprint density at radius 2 is 1.80 bits per heavy atom. The zero-order valence-corrected chi connectivity index (χ0v) is 16.1. The number of carbonyl (C=O) groups is 1. The molecule has 0 saturated heterocycles. The zero-order valence-electron chi connectivity index (χ0n) is 16.1. The van der Waals surface area contributed by atoms with Crippen molar-refractivity contribution in [2.24, 2.45) is 0 Å². The van der Waals surface area contributed by atoms with Gasteiger partial charge in [-0.1, -0.05) is 24.3 Å². The second-order valence-corrected chi connectivity index (χ2v) is 6.79. The SMILES string of the molecule is CC(NC(=O)c1ccc(Nc2ccccc2)c([N+](=O)[O-])c1)c1ccc2c(c1)OCO2. The molecule has 0 aromatic heterocycles. The second kappa shape index (κ2) is 8.12. The molecular formula is C22H19N3O5. The normalized spacial score (nSPS) is 12.8. The van der Waals surface area contributed by atoms with Crippen LogP contribution in [-0.4, -0.2) is 17.6 Å². The molecule has 1 unspecified atom stereocenters. The van der Waals surface area contributed by atoms with Crippen molar-refractivity contribution in [3.63, 3.8) is 0 Å². The molecule has 1 atom stereocenters. The first-order valence-electron chi connectivity index (χ1n) is 9.32. The summed E-state index contributed by atoms with van der Waals surface area (Å²) in [6.45, 7) is 2.00. The molecule has 0 spiro atoms. The number of ether oxygens (including phenoxy) is 2. The highest BCUT2D eigenvalue weighted by Crippen LogP contribution is 2.34. The zero-order chi connectivity index (χ0) is 21.1. The fourth-order valence-corrected chi connectivity index (χ4v) is 3.15. The van der Waals surface area contributed by atoms with E-state index in [1.54, 1.807) is 24.3 Å². The first kappa shape index (κ1) is 19.3. The van der Waals surface area contributed by atoms with Gasteiger partial charge in [-0.2, -0.15) is 0 Å². The molecule has 3 aromatic rings. The van der Waals surface area contributed by atoms with Gasteiger partial charge >= 0.3 is 0 Å². The Bertz CT molecular complexity index is 1100. The van der Waals surface area contributed by atoms with E-state index in [1.165, 1.54) is 12.1 Å². The van der Waals surface area contributed by atoms with E-state index in [4.69, 9.17) is 9.47 Å². The van der Waals surface area contributed by atoms with Crippen molar-refractivity contribution in [1.29, 1.82) is 0 Å². The molecule has 2 N–H and O–H groups in total. The molecule has 8 heteroatoms. The molecule has 0 radical (unpaired) electrons. The topological polar surface area (TPSA) is 103 Å². The van der Waals surface area contributed by atoms with E-state index in [1.807, 2.05) is 37.3 Å². The molecule has 0 fully saturated rings. The van der Waals surface area contributed by atoms with Crippen molar-refractivity contribution in [2.75, 3.05) is 12.1 Å². The number of rotatable bonds is 6. The molecule has 1 aliphatic heterocycles. The van der Waals surface area contributed by atoms with E-state index >= 15 is 0 Å². The van der Waals surface area contributed by atoms with Crippen LogP contribution in [0.3, 0.4) is 0 Å². The molecule has 0 aliphatic carbocycles. The number of anilines is 2. The number of carbonyl (C=O) groups excluding carboxylic acids is 1. The predicted molar refractivity (Wildman–Crippen MR) is 111 cm³/mol. The molecule has 30 heavy (non-hydrogen) atoms. The summed E-state index contributed by atoms with van der Waals surface area (Å²) in [5, 5.41) is 17.4. The number of amides is 1. The van der Waals surface area contributed by atoms with Gasteiger partial charge in [0.05, 0.1) is 11.0 Å². The van der Waals surface area contributed by atoms with Crippen molar-refractivity contribution in [3.05, 3.63) is 88.0 Å². The van der Waals surface area contributed by atoms with Crippen LogP contribution >= 0.6 is 0 Å². The quantitative estimate of drug-likeness (QED) is 0.460. The first-order valence-corrected chi connectivity index (χ1v) is 9.32. The number of para-hydroxylation sites is 1. The first-order chi connectivity index (χ1) is 14.5. The Hall–Kier alpha value is -4.07. The molecule has 1 amide bonds. The van der Waals surface area contributed by atoms with E-state index < -0.39 is 10.8 Å². The third-order valence-electron chi connectivity index (χ3n) is 4.75. The molecule has 3 aromatic carbocycles. The van der Waals surface area contributed by atoms with Crippen LogP contribution in [0.1, 0.15) is 28.9 Å². The Labute approximate surface area is 172 Å². The summed E-state index contributed by atoms with van der Waals surface area (Å²) in [5.41, 5.74) is 1.89. The highest BCUT2D eigenvalue weighted by molar-refractivity contribution is 5.96.